The molecule has 1 saturated heterocycles. The van der Waals surface area contributed by atoms with Crippen LogP contribution in [-0.4, -0.2) is 61.3 Å². The minimum Gasteiger partial charge on any atom is -0.489 e. The predicted octanol–water partition coefficient (Wildman–Crippen LogP) is 2.78. The number of carbonyl (C=O) groups is 2. The Bertz CT molecular complexity index is 1180. The molecule has 1 unspecified atom stereocenters. The highest BCUT2D eigenvalue weighted by Gasteiger charge is 2.27. The van der Waals surface area contributed by atoms with Crippen LogP contribution in [0.15, 0.2) is 65.3 Å². The Kier molecular flexibility index (Phi) is 7.03. The Balaban J connectivity index is 1.34. The molecule has 0 bridgehead atoms. The molecule has 0 aliphatic carbocycles. The lowest BCUT2D eigenvalue weighted by molar-refractivity contribution is -0.0408. The molecule has 1 aliphatic heterocycles. The third-order valence-electron chi connectivity index (χ3n) is 4.92. The second kappa shape index (κ2) is 10.5. The van der Waals surface area contributed by atoms with Crippen LogP contribution in [0.1, 0.15) is 32.2 Å². The third-order valence-corrected chi connectivity index (χ3v) is 4.92. The summed E-state index contributed by atoms with van der Waals surface area (Å²) < 4.78 is 21.8. The smallest absolute Gasteiger partial charge is 0.339 e. The average molecular weight is 446 g/mol. The zero-order valence-electron chi connectivity index (χ0n) is 18.0. The van der Waals surface area contributed by atoms with Crippen molar-refractivity contribution in [2.75, 3.05) is 33.4 Å². The van der Waals surface area contributed by atoms with E-state index in [2.05, 4.69) is 21.6 Å². The largest absolute Gasteiger partial charge is 0.489 e. The van der Waals surface area contributed by atoms with Crippen LogP contribution in [0.2, 0.25) is 0 Å². The molecule has 0 radical (unpaired) electrons. The fraction of sp³-hybridized carbons (Fsp3) is 0.240. The molecule has 3 heterocycles. The van der Waals surface area contributed by atoms with Gasteiger partial charge >= 0.3 is 5.97 Å². The van der Waals surface area contributed by atoms with E-state index in [4.69, 9.17) is 13.9 Å². The van der Waals surface area contributed by atoms with E-state index in [-0.39, 0.29) is 24.4 Å². The number of furan rings is 1. The molecular formula is C25H22N2O6. The first-order valence-electron chi connectivity index (χ1n) is 10.4. The lowest BCUT2D eigenvalue weighted by Crippen LogP contribution is -2.47. The van der Waals surface area contributed by atoms with Gasteiger partial charge in [0.05, 0.1) is 32.0 Å². The van der Waals surface area contributed by atoms with E-state index in [0.717, 1.165) is 5.56 Å². The quantitative estimate of drug-likeness (QED) is 0.440. The van der Waals surface area contributed by atoms with Crippen molar-refractivity contribution in [2.45, 2.75) is 6.10 Å². The van der Waals surface area contributed by atoms with Gasteiger partial charge in [-0.3, -0.25) is 9.78 Å². The second-order valence-corrected chi connectivity index (χ2v) is 7.24. The average Bonchev–Trinajstić information content (AvgIpc) is 3.35. The number of amides is 1. The number of pyridine rings is 1. The summed E-state index contributed by atoms with van der Waals surface area (Å²) >= 11 is 0. The molecule has 168 valence electrons. The number of benzene rings is 1. The first kappa shape index (κ1) is 22.1. The van der Waals surface area contributed by atoms with E-state index in [9.17, 15) is 9.59 Å². The van der Waals surface area contributed by atoms with Gasteiger partial charge in [-0.05, 0) is 36.3 Å². The molecular weight excluding hydrogens is 424 g/mol. The zero-order chi connectivity index (χ0) is 23.0. The molecule has 0 N–H and O–H groups in total. The number of carbonyl (C=O) groups excluding carboxylic acids is 2. The Hall–Kier alpha value is -4.09. The van der Waals surface area contributed by atoms with Gasteiger partial charge in [-0.15, -0.1) is 0 Å². The third kappa shape index (κ3) is 5.79. The maximum atomic E-state index is 12.9. The zero-order valence-corrected chi connectivity index (χ0v) is 18.0. The Morgan fingerprint density at radius 1 is 1.15 bits per heavy atom. The van der Waals surface area contributed by atoms with Gasteiger partial charge in [-0.1, -0.05) is 24.1 Å². The van der Waals surface area contributed by atoms with Crippen LogP contribution in [0, 0.1) is 11.8 Å². The van der Waals surface area contributed by atoms with E-state index >= 15 is 0 Å². The summed E-state index contributed by atoms with van der Waals surface area (Å²) in [4.78, 5) is 30.2. The number of nitrogens with zero attached hydrogens (tertiary/aromatic N) is 2. The number of hydrogen-bond acceptors (Lipinski definition) is 7. The van der Waals surface area contributed by atoms with Crippen molar-refractivity contribution in [3.8, 4) is 17.6 Å². The molecule has 0 spiro atoms. The van der Waals surface area contributed by atoms with Gasteiger partial charge in [0, 0.05) is 18.3 Å². The highest BCUT2D eigenvalue weighted by atomic mass is 16.5. The highest BCUT2D eigenvalue weighted by molar-refractivity contribution is 5.91. The van der Waals surface area contributed by atoms with Gasteiger partial charge in [0.25, 0.3) is 5.91 Å². The summed E-state index contributed by atoms with van der Waals surface area (Å²) in [5.41, 5.74) is 1.16. The van der Waals surface area contributed by atoms with Crippen molar-refractivity contribution < 1.29 is 28.2 Å². The Labute approximate surface area is 191 Å². The van der Waals surface area contributed by atoms with Gasteiger partial charge in [0.15, 0.2) is 11.5 Å². The molecule has 33 heavy (non-hydrogen) atoms. The van der Waals surface area contributed by atoms with E-state index in [1.807, 2.05) is 30.3 Å². The maximum absolute atomic E-state index is 12.9. The standard InChI is InChI=1S/C25H22N2O6/c1-30-25(29)19-13-21(15-26-14-19)32-17-22-16-27(11-12-31-22)24(28)23-10-9-20(33-23)8-7-18-5-3-2-4-6-18/h2-6,9-10,13-15,22H,11-12,16-17H2,1H3. The number of ether oxygens (including phenoxy) is 3. The fourth-order valence-electron chi connectivity index (χ4n) is 3.25. The molecule has 1 aromatic carbocycles. The van der Waals surface area contributed by atoms with Gasteiger partial charge < -0.3 is 23.5 Å². The maximum Gasteiger partial charge on any atom is 0.339 e. The minimum atomic E-state index is -0.495. The summed E-state index contributed by atoms with van der Waals surface area (Å²) in [6, 6.07) is 14.4. The van der Waals surface area contributed by atoms with Crippen molar-refractivity contribution in [3.05, 3.63) is 83.6 Å². The molecule has 1 aliphatic rings. The van der Waals surface area contributed by atoms with Crippen LogP contribution in [-0.2, 0) is 9.47 Å². The van der Waals surface area contributed by atoms with Gasteiger partial charge in [-0.2, -0.15) is 0 Å². The molecule has 4 rings (SSSR count). The lowest BCUT2D eigenvalue weighted by atomic mass is 10.2. The van der Waals surface area contributed by atoms with Crippen LogP contribution >= 0.6 is 0 Å². The number of morpholine rings is 1. The van der Waals surface area contributed by atoms with Gasteiger partial charge in [-0.25, -0.2) is 4.79 Å². The van der Waals surface area contributed by atoms with Crippen molar-refractivity contribution in [2.24, 2.45) is 0 Å². The minimum absolute atomic E-state index is 0.196. The summed E-state index contributed by atoms with van der Waals surface area (Å²) in [6.07, 6.45) is 2.56. The SMILES string of the molecule is COC(=O)c1cncc(OCC2CN(C(=O)c3ccc(C#Cc4ccccc4)o3)CCO2)c1. The van der Waals surface area contributed by atoms with Crippen molar-refractivity contribution in [3.63, 3.8) is 0 Å². The van der Waals surface area contributed by atoms with E-state index in [1.54, 1.807) is 23.1 Å². The number of rotatable bonds is 5. The molecule has 3 aromatic rings. The number of aromatic nitrogens is 1. The molecule has 1 amide bonds. The first-order chi connectivity index (χ1) is 16.1. The summed E-state index contributed by atoms with van der Waals surface area (Å²) in [5, 5.41) is 0. The topological polar surface area (TPSA) is 91.1 Å². The molecule has 1 fully saturated rings. The number of hydrogen-bond donors (Lipinski definition) is 0. The predicted molar refractivity (Wildman–Crippen MR) is 118 cm³/mol. The van der Waals surface area contributed by atoms with Crippen LogP contribution < -0.4 is 4.74 Å². The van der Waals surface area contributed by atoms with E-state index in [0.29, 0.717) is 36.8 Å². The second-order valence-electron chi connectivity index (χ2n) is 7.24. The summed E-state index contributed by atoms with van der Waals surface area (Å²) in [6.45, 7) is 1.36. The van der Waals surface area contributed by atoms with Crippen molar-refractivity contribution >= 4 is 11.9 Å². The normalized spacial score (nSPS) is 15.3. The van der Waals surface area contributed by atoms with Crippen molar-refractivity contribution in [1.29, 1.82) is 0 Å². The molecule has 1 atom stereocenters. The lowest BCUT2D eigenvalue weighted by Gasteiger charge is -2.32. The van der Waals surface area contributed by atoms with Gasteiger partial charge in [0.1, 0.15) is 18.5 Å². The number of esters is 1. The monoisotopic (exact) mass is 446 g/mol. The van der Waals surface area contributed by atoms with Crippen LogP contribution in [0.25, 0.3) is 0 Å². The van der Waals surface area contributed by atoms with Crippen LogP contribution in [0.5, 0.6) is 5.75 Å². The Morgan fingerprint density at radius 3 is 2.82 bits per heavy atom. The van der Waals surface area contributed by atoms with Crippen LogP contribution in [0.3, 0.4) is 0 Å². The Morgan fingerprint density at radius 2 is 2.00 bits per heavy atom. The van der Waals surface area contributed by atoms with Crippen LogP contribution in [0.4, 0.5) is 0 Å². The van der Waals surface area contributed by atoms with Crippen molar-refractivity contribution in [1.82, 2.24) is 9.88 Å². The summed E-state index contributed by atoms with van der Waals surface area (Å²) in [5.74, 6) is 6.28. The van der Waals surface area contributed by atoms with E-state index < -0.39 is 5.97 Å². The highest BCUT2D eigenvalue weighted by Crippen LogP contribution is 2.16. The summed E-state index contributed by atoms with van der Waals surface area (Å²) in [7, 11) is 1.30. The molecule has 0 saturated carbocycles. The van der Waals surface area contributed by atoms with Gasteiger partial charge in [0.2, 0.25) is 0 Å². The van der Waals surface area contributed by atoms with E-state index in [1.165, 1.54) is 19.5 Å². The molecule has 8 heteroatoms. The molecule has 2 aromatic heterocycles. The number of methoxy groups -OCH3 is 1. The molecule has 8 nitrogen and oxygen atoms in total. The first-order valence-corrected chi connectivity index (χ1v) is 10.4. The fourth-order valence-corrected chi connectivity index (χ4v) is 3.25.